The minimum absolute atomic E-state index is 0.0924. The SMILES string of the molecule is NCCN(C(=O)O)C1CCOCC1. The van der Waals surface area contributed by atoms with Crippen molar-refractivity contribution in [2.75, 3.05) is 26.3 Å². The Hall–Kier alpha value is -0.810. The number of amides is 1. The van der Waals surface area contributed by atoms with Crippen LogP contribution in [0.25, 0.3) is 0 Å². The van der Waals surface area contributed by atoms with Crippen molar-refractivity contribution < 1.29 is 14.6 Å². The second-order valence-corrected chi connectivity index (χ2v) is 3.11. The molecule has 0 bridgehead atoms. The standard InChI is InChI=1S/C8H16N2O3/c9-3-4-10(8(11)12)7-1-5-13-6-2-7/h7H,1-6,9H2,(H,11,12). The molecule has 0 aromatic carbocycles. The minimum atomic E-state index is -0.877. The minimum Gasteiger partial charge on any atom is -0.465 e. The van der Waals surface area contributed by atoms with Crippen LogP contribution in [0.2, 0.25) is 0 Å². The van der Waals surface area contributed by atoms with Crippen molar-refractivity contribution >= 4 is 6.09 Å². The third-order valence-electron chi connectivity index (χ3n) is 2.25. The van der Waals surface area contributed by atoms with Crippen LogP contribution >= 0.6 is 0 Å². The molecule has 0 aromatic heterocycles. The molecule has 0 atom stereocenters. The van der Waals surface area contributed by atoms with Crippen LogP contribution in [-0.4, -0.2) is 48.4 Å². The largest absolute Gasteiger partial charge is 0.465 e. The van der Waals surface area contributed by atoms with Gasteiger partial charge in [-0.1, -0.05) is 0 Å². The van der Waals surface area contributed by atoms with Crippen LogP contribution in [0.3, 0.4) is 0 Å². The summed E-state index contributed by atoms with van der Waals surface area (Å²) in [7, 11) is 0. The first-order valence-corrected chi connectivity index (χ1v) is 4.53. The molecule has 1 fully saturated rings. The number of hydrogen-bond donors (Lipinski definition) is 2. The van der Waals surface area contributed by atoms with Gasteiger partial charge < -0.3 is 20.5 Å². The average Bonchev–Trinajstić information content (AvgIpc) is 2.15. The van der Waals surface area contributed by atoms with Crippen molar-refractivity contribution in [3.63, 3.8) is 0 Å². The fourth-order valence-electron chi connectivity index (χ4n) is 1.57. The molecular formula is C8H16N2O3. The van der Waals surface area contributed by atoms with Crippen LogP contribution in [0.4, 0.5) is 4.79 Å². The predicted octanol–water partition coefficient (Wildman–Crippen LogP) is 0.104. The highest BCUT2D eigenvalue weighted by Crippen LogP contribution is 2.13. The molecule has 0 saturated carbocycles. The topological polar surface area (TPSA) is 75.8 Å². The first-order chi connectivity index (χ1) is 6.25. The van der Waals surface area contributed by atoms with Crippen molar-refractivity contribution in [1.82, 2.24) is 4.90 Å². The highest BCUT2D eigenvalue weighted by molar-refractivity contribution is 5.65. The molecule has 0 aromatic rings. The Morgan fingerprint density at radius 1 is 1.54 bits per heavy atom. The van der Waals surface area contributed by atoms with Gasteiger partial charge in [0.2, 0.25) is 0 Å². The summed E-state index contributed by atoms with van der Waals surface area (Å²) < 4.78 is 5.16. The van der Waals surface area contributed by atoms with Gasteiger partial charge >= 0.3 is 6.09 Å². The van der Waals surface area contributed by atoms with E-state index in [1.807, 2.05) is 0 Å². The molecule has 5 heteroatoms. The van der Waals surface area contributed by atoms with Gasteiger partial charge in [0.15, 0.2) is 0 Å². The van der Waals surface area contributed by atoms with Gasteiger partial charge in [-0.25, -0.2) is 4.79 Å². The van der Waals surface area contributed by atoms with Gasteiger partial charge in [0.25, 0.3) is 0 Å². The second kappa shape index (κ2) is 5.04. The molecule has 0 unspecified atom stereocenters. The fraction of sp³-hybridized carbons (Fsp3) is 0.875. The first kappa shape index (κ1) is 10.3. The molecule has 1 saturated heterocycles. The highest BCUT2D eigenvalue weighted by atomic mass is 16.5. The van der Waals surface area contributed by atoms with Gasteiger partial charge in [-0.3, -0.25) is 0 Å². The molecule has 0 spiro atoms. The van der Waals surface area contributed by atoms with E-state index in [9.17, 15) is 4.79 Å². The highest BCUT2D eigenvalue weighted by Gasteiger charge is 2.24. The van der Waals surface area contributed by atoms with E-state index in [1.165, 1.54) is 4.90 Å². The average molecular weight is 188 g/mol. The molecule has 1 aliphatic heterocycles. The Kier molecular flexibility index (Phi) is 3.98. The van der Waals surface area contributed by atoms with Crippen LogP contribution in [-0.2, 0) is 4.74 Å². The lowest BCUT2D eigenvalue weighted by Gasteiger charge is -2.31. The third-order valence-corrected chi connectivity index (χ3v) is 2.25. The van der Waals surface area contributed by atoms with Crippen LogP contribution in [0, 0.1) is 0 Å². The summed E-state index contributed by atoms with van der Waals surface area (Å²) in [5.41, 5.74) is 5.34. The lowest BCUT2D eigenvalue weighted by atomic mass is 10.1. The molecule has 5 nitrogen and oxygen atoms in total. The quantitative estimate of drug-likeness (QED) is 0.658. The van der Waals surface area contributed by atoms with Crippen molar-refractivity contribution in [2.45, 2.75) is 18.9 Å². The van der Waals surface area contributed by atoms with E-state index in [-0.39, 0.29) is 6.04 Å². The van der Waals surface area contributed by atoms with Gasteiger partial charge in [0.05, 0.1) is 0 Å². The van der Waals surface area contributed by atoms with E-state index in [1.54, 1.807) is 0 Å². The smallest absolute Gasteiger partial charge is 0.407 e. The maximum absolute atomic E-state index is 10.8. The normalized spacial score (nSPS) is 18.5. The van der Waals surface area contributed by atoms with E-state index in [4.69, 9.17) is 15.6 Å². The van der Waals surface area contributed by atoms with Gasteiger partial charge in [0.1, 0.15) is 0 Å². The summed E-state index contributed by atoms with van der Waals surface area (Å²) in [6.07, 6.45) is 0.691. The number of nitrogens with zero attached hydrogens (tertiary/aromatic N) is 1. The first-order valence-electron chi connectivity index (χ1n) is 4.53. The Morgan fingerprint density at radius 3 is 2.62 bits per heavy atom. The molecule has 0 aliphatic carbocycles. The summed E-state index contributed by atoms with van der Waals surface area (Å²) >= 11 is 0. The zero-order valence-corrected chi connectivity index (χ0v) is 7.61. The number of ether oxygens (including phenoxy) is 1. The fourth-order valence-corrected chi connectivity index (χ4v) is 1.57. The zero-order chi connectivity index (χ0) is 9.68. The second-order valence-electron chi connectivity index (χ2n) is 3.11. The third kappa shape index (κ3) is 2.86. The molecule has 1 aliphatic rings. The van der Waals surface area contributed by atoms with Crippen molar-refractivity contribution in [3.05, 3.63) is 0 Å². The monoisotopic (exact) mass is 188 g/mol. The van der Waals surface area contributed by atoms with Gasteiger partial charge in [-0.05, 0) is 12.8 Å². The Labute approximate surface area is 77.5 Å². The number of carbonyl (C=O) groups is 1. The van der Waals surface area contributed by atoms with E-state index >= 15 is 0 Å². The molecule has 3 N–H and O–H groups in total. The van der Waals surface area contributed by atoms with Crippen LogP contribution < -0.4 is 5.73 Å². The van der Waals surface area contributed by atoms with Crippen molar-refractivity contribution in [2.24, 2.45) is 5.73 Å². The van der Waals surface area contributed by atoms with E-state index in [0.717, 1.165) is 12.8 Å². The Bertz CT molecular complexity index is 169. The van der Waals surface area contributed by atoms with Gasteiger partial charge in [-0.15, -0.1) is 0 Å². The van der Waals surface area contributed by atoms with Gasteiger partial charge in [0, 0.05) is 32.3 Å². The number of carboxylic acid groups (broad SMARTS) is 1. The molecule has 1 rings (SSSR count). The van der Waals surface area contributed by atoms with Crippen molar-refractivity contribution in [1.29, 1.82) is 0 Å². The summed E-state index contributed by atoms with van der Waals surface area (Å²) in [6, 6.07) is 0.0924. The van der Waals surface area contributed by atoms with Crippen LogP contribution in [0.5, 0.6) is 0 Å². The molecule has 0 radical (unpaired) electrons. The molecule has 13 heavy (non-hydrogen) atoms. The van der Waals surface area contributed by atoms with Crippen LogP contribution in [0.15, 0.2) is 0 Å². The molecular weight excluding hydrogens is 172 g/mol. The summed E-state index contributed by atoms with van der Waals surface area (Å²) in [5, 5.41) is 8.89. The number of nitrogens with two attached hydrogens (primary N) is 1. The number of rotatable bonds is 3. The van der Waals surface area contributed by atoms with Crippen molar-refractivity contribution in [3.8, 4) is 0 Å². The Morgan fingerprint density at radius 2 is 2.15 bits per heavy atom. The predicted molar refractivity (Wildman–Crippen MR) is 47.6 cm³/mol. The summed E-state index contributed by atoms with van der Waals surface area (Å²) in [5.74, 6) is 0. The van der Waals surface area contributed by atoms with E-state index < -0.39 is 6.09 Å². The lowest BCUT2D eigenvalue weighted by Crippen LogP contribution is -2.45. The Balaban J connectivity index is 2.46. The number of hydrogen-bond acceptors (Lipinski definition) is 3. The van der Waals surface area contributed by atoms with E-state index in [0.29, 0.717) is 26.3 Å². The van der Waals surface area contributed by atoms with Crippen LogP contribution in [0.1, 0.15) is 12.8 Å². The summed E-state index contributed by atoms with van der Waals surface area (Å²) in [6.45, 7) is 2.10. The molecule has 1 heterocycles. The zero-order valence-electron chi connectivity index (χ0n) is 7.61. The lowest BCUT2D eigenvalue weighted by molar-refractivity contribution is 0.0367. The van der Waals surface area contributed by atoms with Gasteiger partial charge in [-0.2, -0.15) is 0 Å². The summed E-state index contributed by atoms with van der Waals surface area (Å²) in [4.78, 5) is 12.2. The maximum atomic E-state index is 10.8. The van der Waals surface area contributed by atoms with E-state index in [2.05, 4.69) is 0 Å². The molecule has 1 amide bonds. The molecule has 76 valence electrons. The maximum Gasteiger partial charge on any atom is 0.407 e.